The van der Waals surface area contributed by atoms with Crippen LogP contribution in [-0.4, -0.2) is 12.5 Å². The number of hydrogen-bond acceptors (Lipinski definition) is 3. The molecular weight excluding hydrogens is 324 g/mol. The second kappa shape index (κ2) is 8.60. The van der Waals surface area contributed by atoms with E-state index in [4.69, 9.17) is 10.5 Å². The number of rotatable bonds is 7. The van der Waals surface area contributed by atoms with E-state index in [9.17, 15) is 4.79 Å². The van der Waals surface area contributed by atoms with E-state index < -0.39 is 0 Å². The molecule has 0 spiro atoms. The summed E-state index contributed by atoms with van der Waals surface area (Å²) in [5.74, 6) is 1.57. The lowest BCUT2D eigenvalue weighted by atomic mass is 10.1. The lowest BCUT2D eigenvalue weighted by Gasteiger charge is -2.12. The van der Waals surface area contributed by atoms with Crippen LogP contribution in [0.25, 0.3) is 0 Å². The number of amides is 1. The van der Waals surface area contributed by atoms with Gasteiger partial charge in [0.2, 0.25) is 5.91 Å². The predicted octanol–water partition coefficient (Wildman–Crippen LogP) is 3.34. The normalized spacial score (nSPS) is 13.0. The number of nitrogens with two attached hydrogens (primary N) is 1. The average Bonchev–Trinajstić information content (AvgIpc) is 3.38. The van der Waals surface area contributed by atoms with Gasteiger partial charge in [-0.3, -0.25) is 4.79 Å². The minimum absolute atomic E-state index is 0. The zero-order valence-electron chi connectivity index (χ0n) is 13.5. The molecule has 0 heterocycles. The third kappa shape index (κ3) is 5.46. The van der Waals surface area contributed by atoms with Gasteiger partial charge in [-0.25, -0.2) is 0 Å². The molecule has 1 aliphatic carbocycles. The van der Waals surface area contributed by atoms with Crippen molar-refractivity contribution in [3.8, 4) is 5.75 Å². The molecule has 0 aliphatic heterocycles. The Morgan fingerprint density at radius 2 is 1.83 bits per heavy atom. The second-order valence-electron chi connectivity index (χ2n) is 6.06. The van der Waals surface area contributed by atoms with Crippen molar-refractivity contribution >= 4 is 24.0 Å². The van der Waals surface area contributed by atoms with Gasteiger partial charge in [0.05, 0.1) is 13.0 Å². The predicted molar refractivity (Wildman–Crippen MR) is 98.3 cm³/mol. The van der Waals surface area contributed by atoms with Gasteiger partial charge in [0.15, 0.2) is 0 Å². The fraction of sp³-hybridized carbons (Fsp3) is 0.316. The molecule has 128 valence electrons. The number of benzene rings is 2. The van der Waals surface area contributed by atoms with Crippen molar-refractivity contribution in [2.24, 2.45) is 5.92 Å². The highest BCUT2D eigenvalue weighted by Crippen LogP contribution is 2.30. The summed E-state index contributed by atoms with van der Waals surface area (Å²) in [4.78, 5) is 12.1. The van der Waals surface area contributed by atoms with E-state index in [0.717, 1.165) is 23.5 Å². The molecule has 1 amide bonds. The van der Waals surface area contributed by atoms with Crippen molar-refractivity contribution in [2.75, 3.05) is 12.3 Å². The Kier molecular flexibility index (Phi) is 6.50. The standard InChI is InChI=1S/C19H22N2O2.ClH/c20-17-9-7-14(8-10-17)11-19(22)21-12-16-3-1-2-4-18(16)23-13-15-5-6-15;/h1-4,7-10,15H,5-6,11-13,20H2,(H,21,22);1H. The Hall–Kier alpha value is -2.20. The molecule has 0 bridgehead atoms. The molecule has 1 saturated carbocycles. The molecule has 0 radical (unpaired) electrons. The van der Waals surface area contributed by atoms with Crippen LogP contribution >= 0.6 is 12.4 Å². The van der Waals surface area contributed by atoms with E-state index >= 15 is 0 Å². The Morgan fingerprint density at radius 3 is 2.54 bits per heavy atom. The van der Waals surface area contributed by atoms with E-state index in [-0.39, 0.29) is 18.3 Å². The maximum atomic E-state index is 12.1. The molecule has 0 unspecified atom stereocenters. The van der Waals surface area contributed by atoms with Gasteiger partial charge in [-0.05, 0) is 42.5 Å². The van der Waals surface area contributed by atoms with Gasteiger partial charge in [0, 0.05) is 17.8 Å². The average molecular weight is 347 g/mol. The van der Waals surface area contributed by atoms with Crippen LogP contribution in [0.1, 0.15) is 24.0 Å². The van der Waals surface area contributed by atoms with Crippen LogP contribution in [0.4, 0.5) is 5.69 Å². The zero-order chi connectivity index (χ0) is 16.1. The molecule has 3 N–H and O–H groups in total. The Morgan fingerprint density at radius 1 is 1.12 bits per heavy atom. The summed E-state index contributed by atoms with van der Waals surface area (Å²) in [6, 6.07) is 15.2. The maximum Gasteiger partial charge on any atom is 0.224 e. The summed E-state index contributed by atoms with van der Waals surface area (Å²) >= 11 is 0. The summed E-state index contributed by atoms with van der Waals surface area (Å²) in [7, 11) is 0. The van der Waals surface area contributed by atoms with Gasteiger partial charge < -0.3 is 15.8 Å². The monoisotopic (exact) mass is 346 g/mol. The van der Waals surface area contributed by atoms with Crippen molar-refractivity contribution in [3.63, 3.8) is 0 Å². The van der Waals surface area contributed by atoms with E-state index in [1.807, 2.05) is 48.5 Å². The quantitative estimate of drug-likeness (QED) is 0.756. The molecule has 4 nitrogen and oxygen atoms in total. The van der Waals surface area contributed by atoms with E-state index in [1.54, 1.807) is 0 Å². The van der Waals surface area contributed by atoms with E-state index in [1.165, 1.54) is 12.8 Å². The fourth-order valence-electron chi connectivity index (χ4n) is 2.36. The summed E-state index contributed by atoms with van der Waals surface area (Å²) < 4.78 is 5.86. The highest BCUT2D eigenvalue weighted by molar-refractivity contribution is 5.85. The minimum atomic E-state index is -0.00762. The van der Waals surface area contributed by atoms with Crippen LogP contribution in [-0.2, 0) is 17.8 Å². The van der Waals surface area contributed by atoms with Crippen molar-refractivity contribution in [3.05, 3.63) is 59.7 Å². The van der Waals surface area contributed by atoms with Crippen LogP contribution in [0, 0.1) is 5.92 Å². The van der Waals surface area contributed by atoms with E-state index in [0.29, 0.717) is 24.6 Å². The van der Waals surface area contributed by atoms with Crippen LogP contribution in [0.5, 0.6) is 5.75 Å². The lowest BCUT2D eigenvalue weighted by Crippen LogP contribution is -2.24. The number of nitrogen functional groups attached to an aromatic ring is 1. The van der Waals surface area contributed by atoms with Gasteiger partial charge in [-0.1, -0.05) is 30.3 Å². The molecule has 0 saturated heterocycles. The van der Waals surface area contributed by atoms with Crippen LogP contribution in [0.15, 0.2) is 48.5 Å². The van der Waals surface area contributed by atoms with Gasteiger partial charge >= 0.3 is 0 Å². The minimum Gasteiger partial charge on any atom is -0.493 e. The van der Waals surface area contributed by atoms with Crippen molar-refractivity contribution in [2.45, 2.75) is 25.8 Å². The lowest BCUT2D eigenvalue weighted by molar-refractivity contribution is -0.120. The molecule has 3 rings (SSSR count). The number of halogens is 1. The molecule has 1 fully saturated rings. The van der Waals surface area contributed by atoms with Crippen LogP contribution in [0.3, 0.4) is 0 Å². The summed E-state index contributed by atoms with van der Waals surface area (Å²) in [6.45, 7) is 1.26. The Labute approximate surface area is 148 Å². The van der Waals surface area contributed by atoms with Crippen molar-refractivity contribution in [1.29, 1.82) is 0 Å². The number of carbonyl (C=O) groups is 1. The highest BCUT2D eigenvalue weighted by Gasteiger charge is 2.22. The number of ether oxygens (including phenoxy) is 1. The molecule has 0 atom stereocenters. The smallest absolute Gasteiger partial charge is 0.224 e. The van der Waals surface area contributed by atoms with Crippen molar-refractivity contribution in [1.82, 2.24) is 5.32 Å². The SMILES string of the molecule is Cl.Nc1ccc(CC(=O)NCc2ccccc2OCC2CC2)cc1. The van der Waals surface area contributed by atoms with E-state index in [2.05, 4.69) is 5.32 Å². The molecule has 24 heavy (non-hydrogen) atoms. The fourth-order valence-corrected chi connectivity index (χ4v) is 2.36. The highest BCUT2D eigenvalue weighted by atomic mass is 35.5. The topological polar surface area (TPSA) is 64.4 Å². The zero-order valence-corrected chi connectivity index (χ0v) is 14.4. The first-order valence-electron chi connectivity index (χ1n) is 8.02. The van der Waals surface area contributed by atoms with Gasteiger partial charge in [-0.2, -0.15) is 0 Å². The third-order valence-electron chi connectivity index (χ3n) is 3.96. The largest absolute Gasteiger partial charge is 0.493 e. The van der Waals surface area contributed by atoms with Gasteiger partial charge in [0.1, 0.15) is 5.75 Å². The van der Waals surface area contributed by atoms with Crippen LogP contribution < -0.4 is 15.8 Å². The summed E-state index contributed by atoms with van der Waals surface area (Å²) in [5.41, 5.74) is 8.32. The molecule has 5 heteroatoms. The first-order chi connectivity index (χ1) is 11.2. The Bertz CT molecular complexity index is 669. The van der Waals surface area contributed by atoms with Gasteiger partial charge in [0.25, 0.3) is 0 Å². The number of hydrogen-bond donors (Lipinski definition) is 2. The Balaban J connectivity index is 0.00000208. The molecule has 2 aromatic rings. The first-order valence-corrected chi connectivity index (χ1v) is 8.02. The first kappa shape index (κ1) is 18.1. The molecule has 1 aliphatic rings. The third-order valence-corrected chi connectivity index (χ3v) is 3.96. The number of anilines is 1. The second-order valence-corrected chi connectivity index (χ2v) is 6.06. The number of carbonyl (C=O) groups excluding carboxylic acids is 1. The molecular formula is C19H23ClN2O2. The summed E-state index contributed by atoms with van der Waals surface area (Å²) in [6.07, 6.45) is 2.88. The summed E-state index contributed by atoms with van der Waals surface area (Å²) in [5, 5.41) is 2.96. The molecule has 0 aromatic heterocycles. The van der Waals surface area contributed by atoms with Gasteiger partial charge in [-0.15, -0.1) is 12.4 Å². The number of para-hydroxylation sites is 1. The maximum absolute atomic E-state index is 12.1. The van der Waals surface area contributed by atoms with Crippen LogP contribution in [0.2, 0.25) is 0 Å². The number of nitrogens with one attached hydrogen (secondary N) is 1. The van der Waals surface area contributed by atoms with Crippen molar-refractivity contribution < 1.29 is 9.53 Å². The molecule has 2 aromatic carbocycles.